The summed E-state index contributed by atoms with van der Waals surface area (Å²) in [6, 6.07) is 6.84. The summed E-state index contributed by atoms with van der Waals surface area (Å²) >= 11 is 0. The number of aliphatic carboxylic acids is 1. The fourth-order valence-electron chi connectivity index (χ4n) is 5.87. The van der Waals surface area contributed by atoms with Gasteiger partial charge in [0.2, 0.25) is 23.6 Å². The second-order valence-electron chi connectivity index (χ2n) is 14.4. The summed E-state index contributed by atoms with van der Waals surface area (Å²) in [7, 11) is 0. The molecule has 1 aromatic rings. The molecule has 2 rings (SSSR count). The van der Waals surface area contributed by atoms with Crippen molar-refractivity contribution in [1.82, 2.24) is 20.4 Å². The van der Waals surface area contributed by atoms with Crippen molar-refractivity contribution in [2.45, 2.75) is 106 Å². The Morgan fingerprint density at radius 2 is 1.69 bits per heavy atom. The SMILES string of the molecule is CC(C)=C(/C=C\C=C/C(C)C)N(Cc1ccccc1C(C)C)C(=O)CC(=O)CNCCCCC(NC(=O)CN1C(=O)CC(C(C)C)C1=O)C(=O)O. The molecule has 2 atom stereocenters. The van der Waals surface area contributed by atoms with Crippen molar-refractivity contribution in [2.75, 3.05) is 19.6 Å². The number of benzene rings is 1. The summed E-state index contributed by atoms with van der Waals surface area (Å²) in [4.78, 5) is 78.4. The molecule has 1 aliphatic heterocycles. The maximum absolute atomic E-state index is 13.7. The van der Waals surface area contributed by atoms with Gasteiger partial charge >= 0.3 is 5.97 Å². The summed E-state index contributed by atoms with van der Waals surface area (Å²) in [6.07, 6.45) is 8.70. The highest BCUT2D eigenvalue weighted by atomic mass is 16.4. The van der Waals surface area contributed by atoms with Gasteiger partial charge in [0, 0.05) is 18.0 Å². The number of Topliss-reactive ketones (excluding diaryl/α,β-unsaturated/α-hetero) is 1. The zero-order valence-corrected chi connectivity index (χ0v) is 31.7. The van der Waals surface area contributed by atoms with Gasteiger partial charge in [-0.3, -0.25) is 28.9 Å². The number of ketones is 1. The van der Waals surface area contributed by atoms with Crippen molar-refractivity contribution in [3.8, 4) is 0 Å². The first kappa shape index (κ1) is 42.8. The molecule has 11 heteroatoms. The highest BCUT2D eigenvalue weighted by Crippen LogP contribution is 2.26. The van der Waals surface area contributed by atoms with Crippen LogP contribution in [0.4, 0.5) is 0 Å². The number of carbonyl (C=O) groups excluding carboxylic acids is 5. The monoisotopic (exact) mass is 706 g/mol. The molecule has 0 spiro atoms. The van der Waals surface area contributed by atoms with Crippen molar-refractivity contribution < 1.29 is 33.9 Å². The number of unbranched alkanes of at least 4 members (excludes halogenated alkanes) is 1. The van der Waals surface area contributed by atoms with Crippen molar-refractivity contribution in [2.24, 2.45) is 17.8 Å². The molecule has 1 aliphatic rings. The summed E-state index contributed by atoms with van der Waals surface area (Å²) in [5, 5.41) is 15.1. The average molecular weight is 707 g/mol. The number of carbonyl (C=O) groups is 6. The number of carboxylic acids is 1. The summed E-state index contributed by atoms with van der Waals surface area (Å²) in [5.74, 6) is -3.21. The maximum Gasteiger partial charge on any atom is 0.326 e. The van der Waals surface area contributed by atoms with Crippen molar-refractivity contribution >= 4 is 35.4 Å². The van der Waals surface area contributed by atoms with Crippen LogP contribution < -0.4 is 10.6 Å². The van der Waals surface area contributed by atoms with E-state index in [0.717, 1.165) is 27.3 Å². The van der Waals surface area contributed by atoms with E-state index in [9.17, 15) is 33.9 Å². The quantitative estimate of drug-likeness (QED) is 0.0654. The molecule has 4 amide bonds. The molecule has 51 heavy (non-hydrogen) atoms. The van der Waals surface area contributed by atoms with E-state index in [1.165, 1.54) is 0 Å². The third kappa shape index (κ3) is 14.0. The Kier molecular flexibility index (Phi) is 17.7. The summed E-state index contributed by atoms with van der Waals surface area (Å²) < 4.78 is 0. The zero-order valence-electron chi connectivity index (χ0n) is 31.7. The number of nitrogens with zero attached hydrogens (tertiary/aromatic N) is 2. The number of hydrogen-bond donors (Lipinski definition) is 3. The van der Waals surface area contributed by atoms with Gasteiger partial charge in [0.25, 0.3) is 0 Å². The highest BCUT2D eigenvalue weighted by Gasteiger charge is 2.41. The average Bonchev–Trinajstić information content (AvgIpc) is 3.33. The van der Waals surface area contributed by atoms with Gasteiger partial charge in [-0.05, 0) is 74.6 Å². The molecule has 0 aliphatic carbocycles. The molecule has 280 valence electrons. The third-order valence-corrected chi connectivity index (χ3v) is 8.76. The molecule has 0 saturated carbocycles. The van der Waals surface area contributed by atoms with Crippen LogP contribution in [-0.2, 0) is 35.3 Å². The lowest BCUT2D eigenvalue weighted by molar-refractivity contribution is -0.145. The van der Waals surface area contributed by atoms with Crippen molar-refractivity contribution in [1.29, 1.82) is 0 Å². The number of amides is 4. The minimum absolute atomic E-state index is 0.0202. The van der Waals surface area contributed by atoms with Crippen LogP contribution in [0.15, 0.2) is 59.8 Å². The Hall–Kier alpha value is -4.38. The Morgan fingerprint density at radius 1 is 1.00 bits per heavy atom. The lowest BCUT2D eigenvalue weighted by Gasteiger charge is -2.27. The van der Waals surface area contributed by atoms with E-state index in [-0.39, 0.29) is 49.3 Å². The van der Waals surface area contributed by atoms with Crippen LogP contribution in [0.2, 0.25) is 0 Å². The highest BCUT2D eigenvalue weighted by molar-refractivity contribution is 6.06. The summed E-state index contributed by atoms with van der Waals surface area (Å²) in [5.41, 5.74) is 3.84. The van der Waals surface area contributed by atoms with Gasteiger partial charge in [0.05, 0.1) is 19.5 Å². The van der Waals surface area contributed by atoms with Gasteiger partial charge in [-0.25, -0.2) is 4.79 Å². The Bertz CT molecular complexity index is 1490. The molecule has 3 N–H and O–H groups in total. The van der Waals surface area contributed by atoms with Gasteiger partial charge in [0.1, 0.15) is 12.6 Å². The van der Waals surface area contributed by atoms with Crippen molar-refractivity contribution in [3.05, 3.63) is 71.0 Å². The number of rotatable bonds is 21. The second kappa shape index (κ2) is 21.1. The van der Waals surface area contributed by atoms with Crippen LogP contribution in [0.25, 0.3) is 0 Å². The number of likely N-dealkylation sites (tertiary alicyclic amines) is 1. The van der Waals surface area contributed by atoms with Gasteiger partial charge in [-0.2, -0.15) is 0 Å². The van der Waals surface area contributed by atoms with Crippen LogP contribution in [0, 0.1) is 17.8 Å². The van der Waals surface area contributed by atoms with E-state index in [2.05, 4.69) is 50.5 Å². The zero-order chi connectivity index (χ0) is 38.2. The van der Waals surface area contributed by atoms with E-state index >= 15 is 0 Å². The number of imide groups is 1. The van der Waals surface area contributed by atoms with E-state index in [0.29, 0.717) is 31.8 Å². The predicted octanol–water partition coefficient (Wildman–Crippen LogP) is 5.52. The fraction of sp³-hybridized carbons (Fsp3) is 0.550. The van der Waals surface area contributed by atoms with E-state index in [1.54, 1.807) is 4.90 Å². The van der Waals surface area contributed by atoms with Crippen LogP contribution >= 0.6 is 0 Å². The normalized spacial score (nSPS) is 15.4. The van der Waals surface area contributed by atoms with Gasteiger partial charge in [-0.1, -0.05) is 89.6 Å². The fourth-order valence-corrected chi connectivity index (χ4v) is 5.87. The van der Waals surface area contributed by atoms with Crippen LogP contribution in [0.3, 0.4) is 0 Å². The summed E-state index contributed by atoms with van der Waals surface area (Å²) in [6.45, 7) is 16.2. The largest absolute Gasteiger partial charge is 0.480 e. The topological polar surface area (TPSA) is 153 Å². The van der Waals surface area contributed by atoms with Crippen LogP contribution in [0.5, 0.6) is 0 Å². The van der Waals surface area contributed by atoms with E-state index < -0.39 is 42.2 Å². The molecule has 1 aromatic carbocycles. The first-order valence-electron chi connectivity index (χ1n) is 18.0. The lowest BCUT2D eigenvalue weighted by atomic mass is 9.94. The maximum atomic E-state index is 13.7. The van der Waals surface area contributed by atoms with E-state index in [4.69, 9.17) is 0 Å². The molecular weight excluding hydrogens is 648 g/mol. The standard InChI is InChI=1S/C40H58N4O7/c1-26(2)15-9-12-19-35(29(7)8)43(24-30-16-10-11-17-32(30)27(3)4)37(47)21-31(45)23-41-20-14-13-18-34(40(50)51)42-36(46)25-44-38(48)22-33(28(5)6)39(44)49/h9-12,15-17,19,26-28,33-34,41H,13-14,18,20-25H2,1-8H3,(H,42,46)(H,50,51)/b15-9-,19-12-. The molecule has 0 bridgehead atoms. The first-order valence-corrected chi connectivity index (χ1v) is 18.0. The molecule has 1 heterocycles. The van der Waals surface area contributed by atoms with Gasteiger partial charge in [-0.15, -0.1) is 0 Å². The lowest BCUT2D eigenvalue weighted by Crippen LogP contribution is -2.47. The predicted molar refractivity (Wildman–Crippen MR) is 198 cm³/mol. The molecule has 2 unspecified atom stereocenters. The Balaban J connectivity index is 1.94. The molecule has 0 radical (unpaired) electrons. The molecule has 1 fully saturated rings. The van der Waals surface area contributed by atoms with Gasteiger partial charge in [0.15, 0.2) is 5.78 Å². The number of carboxylic acid groups (broad SMARTS) is 1. The number of allylic oxidation sites excluding steroid dienone is 5. The van der Waals surface area contributed by atoms with E-state index in [1.807, 2.05) is 64.1 Å². The Labute approximate surface area is 303 Å². The van der Waals surface area contributed by atoms with Crippen molar-refractivity contribution in [3.63, 3.8) is 0 Å². The Morgan fingerprint density at radius 3 is 2.27 bits per heavy atom. The number of hydrogen-bond acceptors (Lipinski definition) is 7. The minimum Gasteiger partial charge on any atom is -0.480 e. The number of nitrogens with one attached hydrogen (secondary N) is 2. The van der Waals surface area contributed by atoms with Gasteiger partial charge < -0.3 is 20.6 Å². The third-order valence-electron chi connectivity index (χ3n) is 8.76. The molecule has 1 saturated heterocycles. The molecular formula is C40H58N4O7. The van der Waals surface area contributed by atoms with Crippen LogP contribution in [-0.4, -0.2) is 76.0 Å². The molecule has 11 nitrogen and oxygen atoms in total. The first-order chi connectivity index (χ1) is 24.0. The minimum atomic E-state index is -1.22. The smallest absolute Gasteiger partial charge is 0.326 e. The van der Waals surface area contributed by atoms with Crippen LogP contribution in [0.1, 0.15) is 105 Å². The molecule has 0 aromatic heterocycles. The second-order valence-corrected chi connectivity index (χ2v) is 14.4.